The number of cyclic esters (lactones) is 1. The Morgan fingerprint density at radius 2 is 2.38 bits per heavy atom. The van der Waals surface area contributed by atoms with Gasteiger partial charge < -0.3 is 9.47 Å². The Morgan fingerprint density at radius 3 is 2.85 bits per heavy atom. The summed E-state index contributed by atoms with van der Waals surface area (Å²) in [5, 5.41) is 0. The van der Waals surface area contributed by atoms with E-state index >= 15 is 0 Å². The second-order valence-electron chi connectivity index (χ2n) is 3.12. The molecule has 1 heterocycles. The molecule has 1 fully saturated rings. The van der Waals surface area contributed by atoms with Crippen LogP contribution in [-0.2, 0) is 9.47 Å². The van der Waals surface area contributed by atoms with Crippen LogP contribution in [-0.4, -0.2) is 36.5 Å². The average molecular weight is 187 g/mol. The molecule has 13 heavy (non-hydrogen) atoms. The first kappa shape index (κ1) is 10.3. The molecule has 2 atom stereocenters. The summed E-state index contributed by atoms with van der Waals surface area (Å²) in [4.78, 5) is 12.9. The topological polar surface area (TPSA) is 38.8 Å². The molecule has 1 rings (SSSR count). The molecule has 2 unspecified atom stereocenters. The number of hydrogen-bond acceptors (Lipinski definition) is 3. The third-order valence-electron chi connectivity index (χ3n) is 2.20. The molecule has 76 valence electrons. The van der Waals surface area contributed by atoms with Crippen molar-refractivity contribution in [2.24, 2.45) is 0 Å². The monoisotopic (exact) mass is 187 g/mol. The number of carbonyl (C=O) groups is 1. The van der Waals surface area contributed by atoms with E-state index in [9.17, 15) is 4.79 Å². The molecule has 1 saturated heterocycles. The second-order valence-corrected chi connectivity index (χ2v) is 3.12. The van der Waals surface area contributed by atoms with Gasteiger partial charge in [0.15, 0.2) is 0 Å². The molecule has 0 N–H and O–H groups in total. The first-order valence-corrected chi connectivity index (χ1v) is 4.77. The van der Waals surface area contributed by atoms with E-state index in [0.29, 0.717) is 13.2 Å². The standard InChI is InChI=1S/C9H17NO3/c1-4-8-6-10(9(11)13-8)7(3)12-5-2/h7-8H,4-6H2,1-3H3. The fraction of sp³-hybridized carbons (Fsp3) is 0.889. The van der Waals surface area contributed by atoms with Gasteiger partial charge in [-0.1, -0.05) is 6.92 Å². The van der Waals surface area contributed by atoms with E-state index in [-0.39, 0.29) is 18.4 Å². The molecular formula is C9H17NO3. The molecule has 0 bridgehead atoms. The summed E-state index contributed by atoms with van der Waals surface area (Å²) in [6.45, 7) is 7.04. The van der Waals surface area contributed by atoms with Gasteiger partial charge in [-0.3, -0.25) is 4.90 Å². The zero-order valence-electron chi connectivity index (χ0n) is 8.45. The highest BCUT2D eigenvalue weighted by Gasteiger charge is 2.33. The highest BCUT2D eigenvalue weighted by molar-refractivity contribution is 5.70. The maximum atomic E-state index is 11.3. The molecule has 4 nitrogen and oxygen atoms in total. The van der Waals surface area contributed by atoms with Gasteiger partial charge in [0.25, 0.3) is 0 Å². The van der Waals surface area contributed by atoms with Crippen LogP contribution in [0.25, 0.3) is 0 Å². The highest BCUT2D eigenvalue weighted by atomic mass is 16.6. The second kappa shape index (κ2) is 4.46. The van der Waals surface area contributed by atoms with Gasteiger partial charge in [0, 0.05) is 6.61 Å². The van der Waals surface area contributed by atoms with Crippen LogP contribution in [0.15, 0.2) is 0 Å². The van der Waals surface area contributed by atoms with Crippen molar-refractivity contribution in [3.8, 4) is 0 Å². The maximum Gasteiger partial charge on any atom is 0.412 e. The molecule has 4 heteroatoms. The Hall–Kier alpha value is -0.770. The normalized spacial score (nSPS) is 24.7. The fourth-order valence-corrected chi connectivity index (χ4v) is 1.38. The zero-order valence-corrected chi connectivity index (χ0v) is 8.45. The first-order valence-electron chi connectivity index (χ1n) is 4.77. The van der Waals surface area contributed by atoms with Gasteiger partial charge in [0.2, 0.25) is 0 Å². The van der Waals surface area contributed by atoms with Gasteiger partial charge in [0.1, 0.15) is 12.3 Å². The van der Waals surface area contributed by atoms with E-state index in [0.717, 1.165) is 6.42 Å². The zero-order chi connectivity index (χ0) is 9.84. The fourth-order valence-electron chi connectivity index (χ4n) is 1.38. The van der Waals surface area contributed by atoms with Crippen LogP contribution in [0.4, 0.5) is 4.79 Å². The average Bonchev–Trinajstić information content (AvgIpc) is 2.47. The van der Waals surface area contributed by atoms with Crippen molar-refractivity contribution < 1.29 is 14.3 Å². The molecule has 0 aromatic heterocycles. The van der Waals surface area contributed by atoms with E-state index in [1.165, 1.54) is 0 Å². The van der Waals surface area contributed by atoms with Gasteiger partial charge in [-0.15, -0.1) is 0 Å². The predicted molar refractivity (Wildman–Crippen MR) is 48.4 cm³/mol. The summed E-state index contributed by atoms with van der Waals surface area (Å²) in [6, 6.07) is 0. The van der Waals surface area contributed by atoms with Gasteiger partial charge in [0.05, 0.1) is 6.54 Å². The molecule has 0 aliphatic carbocycles. The minimum absolute atomic E-state index is 0.0374. The van der Waals surface area contributed by atoms with Crippen molar-refractivity contribution in [3.63, 3.8) is 0 Å². The van der Waals surface area contributed by atoms with E-state index in [4.69, 9.17) is 9.47 Å². The van der Waals surface area contributed by atoms with Crippen LogP contribution < -0.4 is 0 Å². The third kappa shape index (κ3) is 2.34. The highest BCUT2D eigenvalue weighted by Crippen LogP contribution is 2.16. The Kier molecular flexibility index (Phi) is 3.54. The van der Waals surface area contributed by atoms with Gasteiger partial charge in [-0.2, -0.15) is 0 Å². The summed E-state index contributed by atoms with van der Waals surface area (Å²) in [6.07, 6.45) is 0.471. The molecule has 1 amide bonds. The summed E-state index contributed by atoms with van der Waals surface area (Å²) >= 11 is 0. The SMILES string of the molecule is CCOC(C)N1CC(CC)OC1=O. The Labute approximate surface area is 78.8 Å². The number of amides is 1. The maximum absolute atomic E-state index is 11.3. The molecule has 0 spiro atoms. The lowest BCUT2D eigenvalue weighted by atomic mass is 10.3. The van der Waals surface area contributed by atoms with Crippen molar-refractivity contribution in [1.29, 1.82) is 0 Å². The van der Waals surface area contributed by atoms with Gasteiger partial charge in [-0.05, 0) is 20.3 Å². The molecule has 1 aliphatic heterocycles. The Balaban J connectivity index is 2.46. The lowest BCUT2D eigenvalue weighted by molar-refractivity contribution is -0.0140. The molecule has 0 radical (unpaired) electrons. The van der Waals surface area contributed by atoms with Crippen LogP contribution in [0.3, 0.4) is 0 Å². The van der Waals surface area contributed by atoms with Crippen molar-refractivity contribution in [2.45, 2.75) is 39.5 Å². The van der Waals surface area contributed by atoms with Crippen LogP contribution >= 0.6 is 0 Å². The first-order chi connectivity index (χ1) is 6.19. The van der Waals surface area contributed by atoms with Gasteiger partial charge in [-0.25, -0.2) is 4.79 Å². The molecular weight excluding hydrogens is 170 g/mol. The predicted octanol–water partition coefficient (Wildman–Crippen LogP) is 1.60. The van der Waals surface area contributed by atoms with E-state index in [1.54, 1.807) is 4.90 Å². The summed E-state index contributed by atoms with van der Waals surface area (Å²) in [7, 11) is 0. The third-order valence-corrected chi connectivity index (χ3v) is 2.20. The molecule has 0 aromatic carbocycles. The van der Waals surface area contributed by atoms with E-state index < -0.39 is 0 Å². The van der Waals surface area contributed by atoms with Crippen molar-refractivity contribution in [1.82, 2.24) is 4.90 Å². The number of rotatable bonds is 4. The van der Waals surface area contributed by atoms with Crippen LogP contribution in [0, 0.1) is 0 Å². The Morgan fingerprint density at radius 1 is 1.69 bits per heavy atom. The minimum Gasteiger partial charge on any atom is -0.444 e. The summed E-state index contributed by atoms with van der Waals surface area (Å²) in [5.41, 5.74) is 0. The lowest BCUT2D eigenvalue weighted by Gasteiger charge is -2.21. The smallest absolute Gasteiger partial charge is 0.412 e. The number of ether oxygens (including phenoxy) is 2. The number of carbonyl (C=O) groups excluding carboxylic acids is 1. The van der Waals surface area contributed by atoms with Crippen LogP contribution in [0.2, 0.25) is 0 Å². The van der Waals surface area contributed by atoms with Crippen molar-refractivity contribution in [2.75, 3.05) is 13.2 Å². The quantitative estimate of drug-likeness (QED) is 0.671. The minimum atomic E-state index is -0.257. The number of nitrogens with zero attached hydrogens (tertiary/aromatic N) is 1. The summed E-state index contributed by atoms with van der Waals surface area (Å²) in [5.74, 6) is 0. The lowest BCUT2D eigenvalue weighted by Crippen LogP contribution is -2.36. The van der Waals surface area contributed by atoms with E-state index in [2.05, 4.69) is 0 Å². The molecule has 1 aliphatic rings. The molecule has 0 saturated carbocycles. The van der Waals surface area contributed by atoms with Crippen LogP contribution in [0.1, 0.15) is 27.2 Å². The molecule has 0 aromatic rings. The summed E-state index contributed by atoms with van der Waals surface area (Å²) < 4.78 is 10.4. The number of hydrogen-bond donors (Lipinski definition) is 0. The van der Waals surface area contributed by atoms with Crippen molar-refractivity contribution >= 4 is 6.09 Å². The van der Waals surface area contributed by atoms with E-state index in [1.807, 2.05) is 20.8 Å². The Bertz CT molecular complexity index is 184. The van der Waals surface area contributed by atoms with Crippen molar-refractivity contribution in [3.05, 3.63) is 0 Å². The van der Waals surface area contributed by atoms with Crippen LogP contribution in [0.5, 0.6) is 0 Å². The van der Waals surface area contributed by atoms with Gasteiger partial charge >= 0.3 is 6.09 Å². The largest absolute Gasteiger partial charge is 0.444 e.